The van der Waals surface area contributed by atoms with Crippen LogP contribution < -0.4 is 5.32 Å². The van der Waals surface area contributed by atoms with E-state index in [9.17, 15) is 9.59 Å². The molecular weight excluding hydrogens is 268 g/mol. The molecule has 2 N–H and O–H groups in total. The Balaban J connectivity index is 2.62. The molecule has 0 aromatic heterocycles. The highest BCUT2D eigenvalue weighted by Gasteiger charge is 2.18. The first-order valence-corrected chi connectivity index (χ1v) is 7.16. The summed E-state index contributed by atoms with van der Waals surface area (Å²) >= 11 is 0. The lowest BCUT2D eigenvalue weighted by Crippen LogP contribution is -2.40. The number of likely N-dealkylation sites (N-methyl/N-ethyl adjacent to an activating group) is 1. The van der Waals surface area contributed by atoms with Crippen molar-refractivity contribution in [2.45, 2.75) is 40.2 Å². The van der Waals surface area contributed by atoms with E-state index in [1.807, 2.05) is 50.8 Å². The van der Waals surface area contributed by atoms with Gasteiger partial charge in [-0.15, -0.1) is 0 Å². The van der Waals surface area contributed by atoms with Crippen LogP contribution in [0.4, 0.5) is 5.69 Å². The number of rotatable bonds is 7. The van der Waals surface area contributed by atoms with Crippen molar-refractivity contribution in [1.29, 1.82) is 0 Å². The third-order valence-electron chi connectivity index (χ3n) is 3.64. The second-order valence-electron chi connectivity index (χ2n) is 5.36. The quantitative estimate of drug-likeness (QED) is 0.810. The molecule has 0 bridgehead atoms. The molecule has 0 heterocycles. The van der Waals surface area contributed by atoms with Crippen molar-refractivity contribution in [3.63, 3.8) is 0 Å². The van der Waals surface area contributed by atoms with Crippen LogP contribution in [-0.2, 0) is 9.59 Å². The van der Waals surface area contributed by atoms with E-state index in [0.717, 1.165) is 11.3 Å². The summed E-state index contributed by atoms with van der Waals surface area (Å²) in [6.45, 7) is 8.58. The van der Waals surface area contributed by atoms with E-state index in [-0.39, 0.29) is 24.9 Å². The smallest absolute Gasteiger partial charge is 0.304 e. The fourth-order valence-corrected chi connectivity index (χ4v) is 2.17. The fourth-order valence-electron chi connectivity index (χ4n) is 2.17. The Morgan fingerprint density at radius 3 is 2.48 bits per heavy atom. The number of carboxylic acid groups (broad SMARTS) is 1. The lowest BCUT2D eigenvalue weighted by atomic mass is 10.1. The summed E-state index contributed by atoms with van der Waals surface area (Å²) in [6, 6.07) is 5.61. The van der Waals surface area contributed by atoms with Crippen molar-refractivity contribution < 1.29 is 14.7 Å². The van der Waals surface area contributed by atoms with Crippen LogP contribution in [0.25, 0.3) is 0 Å². The molecule has 21 heavy (non-hydrogen) atoms. The molecule has 0 saturated carbocycles. The molecule has 1 rings (SSSR count). The summed E-state index contributed by atoms with van der Waals surface area (Å²) < 4.78 is 0. The molecule has 116 valence electrons. The second-order valence-corrected chi connectivity index (χ2v) is 5.36. The molecule has 5 heteroatoms. The predicted octanol–water partition coefficient (Wildman–Crippen LogP) is 2.43. The van der Waals surface area contributed by atoms with Crippen LogP contribution >= 0.6 is 0 Å². The van der Waals surface area contributed by atoms with Crippen LogP contribution in [0.1, 0.15) is 31.4 Å². The van der Waals surface area contributed by atoms with Gasteiger partial charge in [0.25, 0.3) is 0 Å². The van der Waals surface area contributed by atoms with Crippen molar-refractivity contribution in [2.24, 2.45) is 0 Å². The SMILES string of the molecule is CCN(CC(=O)Nc1ccc(C)c(C)c1)C(C)CC(=O)O. The molecule has 0 spiro atoms. The molecule has 1 atom stereocenters. The summed E-state index contributed by atoms with van der Waals surface area (Å²) in [5.41, 5.74) is 3.07. The van der Waals surface area contributed by atoms with E-state index in [2.05, 4.69) is 5.32 Å². The monoisotopic (exact) mass is 292 g/mol. The summed E-state index contributed by atoms with van der Waals surface area (Å²) in [6.07, 6.45) is 0.0325. The maximum atomic E-state index is 12.1. The average Bonchev–Trinajstić information content (AvgIpc) is 2.39. The van der Waals surface area contributed by atoms with E-state index in [1.54, 1.807) is 0 Å². The van der Waals surface area contributed by atoms with Gasteiger partial charge >= 0.3 is 5.97 Å². The van der Waals surface area contributed by atoms with Gasteiger partial charge in [0.15, 0.2) is 0 Å². The maximum Gasteiger partial charge on any atom is 0.304 e. The third-order valence-corrected chi connectivity index (χ3v) is 3.64. The van der Waals surface area contributed by atoms with Crippen molar-refractivity contribution in [1.82, 2.24) is 4.90 Å². The summed E-state index contributed by atoms with van der Waals surface area (Å²) in [5.74, 6) is -0.979. The molecule has 0 saturated heterocycles. The minimum atomic E-state index is -0.851. The van der Waals surface area contributed by atoms with Gasteiger partial charge in [-0.2, -0.15) is 0 Å². The van der Waals surface area contributed by atoms with Gasteiger partial charge in [0, 0.05) is 11.7 Å². The van der Waals surface area contributed by atoms with Crippen molar-refractivity contribution in [2.75, 3.05) is 18.4 Å². The van der Waals surface area contributed by atoms with E-state index in [4.69, 9.17) is 5.11 Å². The number of aliphatic carboxylic acids is 1. The topological polar surface area (TPSA) is 69.6 Å². The number of benzene rings is 1. The number of anilines is 1. The molecule has 0 aliphatic carbocycles. The van der Waals surface area contributed by atoms with E-state index in [1.165, 1.54) is 5.56 Å². The molecule has 1 unspecified atom stereocenters. The van der Waals surface area contributed by atoms with Gasteiger partial charge in [-0.25, -0.2) is 0 Å². The van der Waals surface area contributed by atoms with Crippen LogP contribution in [0, 0.1) is 13.8 Å². The van der Waals surface area contributed by atoms with Crippen molar-refractivity contribution in [3.05, 3.63) is 29.3 Å². The third kappa shape index (κ3) is 5.55. The highest BCUT2D eigenvalue weighted by atomic mass is 16.4. The number of nitrogens with zero attached hydrogens (tertiary/aromatic N) is 1. The number of carbonyl (C=O) groups is 2. The van der Waals surface area contributed by atoms with Crippen molar-refractivity contribution in [3.8, 4) is 0 Å². The highest BCUT2D eigenvalue weighted by molar-refractivity contribution is 5.92. The standard InChI is InChI=1S/C16H24N2O3/c1-5-18(13(4)9-16(20)21)10-15(19)17-14-7-6-11(2)12(3)8-14/h6-8,13H,5,9-10H2,1-4H3,(H,17,19)(H,20,21). The van der Waals surface area contributed by atoms with Crippen LogP contribution in [0.2, 0.25) is 0 Å². The molecular formula is C16H24N2O3. The molecule has 0 aliphatic rings. The van der Waals surface area contributed by atoms with Gasteiger partial charge in [0.05, 0.1) is 13.0 Å². The zero-order valence-electron chi connectivity index (χ0n) is 13.1. The van der Waals surface area contributed by atoms with Crippen LogP contribution in [0.5, 0.6) is 0 Å². The average molecular weight is 292 g/mol. The highest BCUT2D eigenvalue weighted by Crippen LogP contribution is 2.14. The van der Waals surface area contributed by atoms with E-state index in [0.29, 0.717) is 6.54 Å². The fraction of sp³-hybridized carbons (Fsp3) is 0.500. The number of carbonyl (C=O) groups excluding carboxylic acids is 1. The molecule has 1 amide bonds. The molecule has 1 aromatic carbocycles. The Kier molecular flexibility index (Phi) is 6.37. The number of hydrogen-bond donors (Lipinski definition) is 2. The Bertz CT molecular complexity index is 514. The van der Waals surface area contributed by atoms with Gasteiger partial charge in [0.1, 0.15) is 0 Å². The molecule has 5 nitrogen and oxygen atoms in total. The van der Waals surface area contributed by atoms with Crippen LogP contribution in [-0.4, -0.2) is 41.0 Å². The van der Waals surface area contributed by atoms with Crippen LogP contribution in [0.15, 0.2) is 18.2 Å². The number of hydrogen-bond acceptors (Lipinski definition) is 3. The number of nitrogens with one attached hydrogen (secondary N) is 1. The number of aryl methyl sites for hydroxylation is 2. The Labute approximate surface area is 126 Å². The lowest BCUT2D eigenvalue weighted by molar-refractivity contribution is -0.138. The zero-order valence-corrected chi connectivity index (χ0v) is 13.1. The Morgan fingerprint density at radius 2 is 1.95 bits per heavy atom. The first kappa shape index (κ1) is 17.2. The minimum absolute atomic E-state index is 0.0325. The van der Waals surface area contributed by atoms with Crippen molar-refractivity contribution >= 4 is 17.6 Å². The van der Waals surface area contributed by atoms with E-state index < -0.39 is 5.97 Å². The zero-order chi connectivity index (χ0) is 16.0. The molecule has 0 aliphatic heterocycles. The molecule has 0 radical (unpaired) electrons. The van der Waals surface area contributed by atoms with Gasteiger partial charge < -0.3 is 10.4 Å². The summed E-state index contributed by atoms with van der Waals surface area (Å²) in [7, 11) is 0. The van der Waals surface area contributed by atoms with Gasteiger partial charge in [-0.1, -0.05) is 13.0 Å². The van der Waals surface area contributed by atoms with Gasteiger partial charge in [-0.3, -0.25) is 14.5 Å². The van der Waals surface area contributed by atoms with E-state index >= 15 is 0 Å². The normalized spacial score (nSPS) is 12.2. The first-order valence-electron chi connectivity index (χ1n) is 7.16. The lowest BCUT2D eigenvalue weighted by Gasteiger charge is -2.26. The minimum Gasteiger partial charge on any atom is -0.481 e. The van der Waals surface area contributed by atoms with Gasteiger partial charge in [-0.05, 0) is 50.6 Å². The number of carboxylic acids is 1. The van der Waals surface area contributed by atoms with Gasteiger partial charge in [0.2, 0.25) is 5.91 Å². The molecule has 1 aromatic rings. The predicted molar refractivity (Wildman–Crippen MR) is 83.5 cm³/mol. The Hall–Kier alpha value is -1.88. The maximum absolute atomic E-state index is 12.1. The largest absolute Gasteiger partial charge is 0.481 e. The summed E-state index contributed by atoms with van der Waals surface area (Å²) in [5, 5.41) is 11.7. The summed E-state index contributed by atoms with van der Waals surface area (Å²) in [4.78, 5) is 24.7. The first-order chi connectivity index (χ1) is 9.83. The molecule has 0 fully saturated rings. The number of amides is 1. The Morgan fingerprint density at radius 1 is 1.29 bits per heavy atom. The second kappa shape index (κ2) is 7.78. The van der Waals surface area contributed by atoms with Crippen LogP contribution in [0.3, 0.4) is 0 Å².